The Labute approximate surface area is 150 Å². The summed E-state index contributed by atoms with van der Waals surface area (Å²) >= 11 is 0. The molecule has 0 spiro atoms. The molecule has 4 bridgehead atoms. The third kappa shape index (κ3) is 2.90. The Morgan fingerprint density at radius 1 is 0.720 bits per heavy atom. The summed E-state index contributed by atoms with van der Waals surface area (Å²) in [5, 5.41) is 0. The lowest BCUT2D eigenvalue weighted by Crippen LogP contribution is -2.41. The predicted molar refractivity (Wildman–Crippen MR) is 102 cm³/mol. The number of hydrogen-bond donors (Lipinski definition) is 0. The van der Waals surface area contributed by atoms with E-state index in [1.807, 2.05) is 0 Å². The highest BCUT2D eigenvalue weighted by Crippen LogP contribution is 2.58. The topological polar surface area (TPSA) is 9.23 Å². The van der Waals surface area contributed by atoms with Gasteiger partial charge < -0.3 is 4.74 Å². The Bertz CT molecular complexity index is 729. The lowest BCUT2D eigenvalue weighted by atomic mass is 9.54. The molecule has 4 aliphatic carbocycles. The molecule has 128 valence electrons. The van der Waals surface area contributed by atoms with Crippen LogP contribution in [0.25, 0.3) is 5.76 Å². The number of benzene rings is 2. The Morgan fingerprint density at radius 3 is 1.88 bits per heavy atom. The lowest BCUT2D eigenvalue weighted by molar-refractivity contribution is 0.0662. The van der Waals surface area contributed by atoms with Gasteiger partial charge in [0.2, 0.25) is 0 Å². The average Bonchev–Trinajstić information content (AvgIpc) is 2.65. The largest absolute Gasteiger partial charge is 0.488 e. The van der Waals surface area contributed by atoms with Gasteiger partial charge in [-0.1, -0.05) is 60.7 Å². The standard InChI is InChI=1S/C24H26O/c1-3-7-17(8-4-1)16-25-24(20-9-5-2-6-10-20)23-21-12-18-11-19(14-21)15-22(23)13-18/h1-10,18-19,21-22H,11-16H2. The van der Waals surface area contributed by atoms with Crippen LogP contribution in [0.15, 0.2) is 66.2 Å². The summed E-state index contributed by atoms with van der Waals surface area (Å²) < 4.78 is 6.52. The molecular weight excluding hydrogens is 304 g/mol. The van der Waals surface area contributed by atoms with Crippen molar-refractivity contribution in [1.82, 2.24) is 0 Å². The molecule has 25 heavy (non-hydrogen) atoms. The zero-order valence-electron chi connectivity index (χ0n) is 14.7. The minimum absolute atomic E-state index is 0.668. The van der Waals surface area contributed by atoms with Crippen LogP contribution in [0.5, 0.6) is 0 Å². The van der Waals surface area contributed by atoms with E-state index in [0.717, 1.165) is 23.7 Å². The molecule has 0 heterocycles. The van der Waals surface area contributed by atoms with Crippen LogP contribution in [0, 0.1) is 23.7 Å². The number of ether oxygens (including phenoxy) is 1. The van der Waals surface area contributed by atoms with Crippen LogP contribution >= 0.6 is 0 Å². The summed E-state index contributed by atoms with van der Waals surface area (Å²) in [5.74, 6) is 4.69. The van der Waals surface area contributed by atoms with Crippen LogP contribution in [0.2, 0.25) is 0 Å². The fourth-order valence-electron chi connectivity index (χ4n) is 5.72. The highest BCUT2D eigenvalue weighted by atomic mass is 16.5. The SMILES string of the molecule is c1ccc(COC(=C2C3CC4CC(C3)CC2C4)c2ccccc2)cc1. The molecule has 0 saturated heterocycles. The molecule has 0 unspecified atom stereocenters. The van der Waals surface area contributed by atoms with E-state index < -0.39 is 0 Å². The van der Waals surface area contributed by atoms with E-state index in [2.05, 4.69) is 60.7 Å². The third-order valence-corrected chi connectivity index (χ3v) is 6.54. The summed E-state index contributed by atoms with van der Waals surface area (Å²) in [4.78, 5) is 0. The van der Waals surface area contributed by atoms with Crippen molar-refractivity contribution in [3.63, 3.8) is 0 Å². The van der Waals surface area contributed by atoms with Crippen molar-refractivity contribution in [2.75, 3.05) is 0 Å². The van der Waals surface area contributed by atoms with Gasteiger partial charge in [0.15, 0.2) is 0 Å². The maximum Gasteiger partial charge on any atom is 0.126 e. The fraction of sp³-hybridized carbons (Fsp3) is 0.417. The zero-order valence-corrected chi connectivity index (χ0v) is 14.7. The minimum Gasteiger partial charge on any atom is -0.488 e. The molecule has 2 aromatic rings. The molecular formula is C24H26O. The smallest absolute Gasteiger partial charge is 0.126 e. The van der Waals surface area contributed by atoms with Crippen molar-refractivity contribution in [3.05, 3.63) is 77.4 Å². The van der Waals surface area contributed by atoms with Gasteiger partial charge in [-0.25, -0.2) is 0 Å². The molecule has 0 atom stereocenters. The molecule has 2 aromatic carbocycles. The van der Waals surface area contributed by atoms with E-state index in [1.165, 1.54) is 49.0 Å². The van der Waals surface area contributed by atoms with Gasteiger partial charge in [0, 0.05) is 5.56 Å². The van der Waals surface area contributed by atoms with E-state index in [1.54, 1.807) is 5.57 Å². The van der Waals surface area contributed by atoms with E-state index in [4.69, 9.17) is 4.74 Å². The quantitative estimate of drug-likeness (QED) is 0.618. The van der Waals surface area contributed by atoms with E-state index in [0.29, 0.717) is 6.61 Å². The van der Waals surface area contributed by atoms with Crippen LogP contribution in [-0.2, 0) is 11.3 Å². The first-order chi connectivity index (χ1) is 12.4. The fourth-order valence-corrected chi connectivity index (χ4v) is 5.72. The molecule has 0 aromatic heterocycles. The van der Waals surface area contributed by atoms with E-state index in [9.17, 15) is 0 Å². The third-order valence-electron chi connectivity index (χ3n) is 6.54. The summed E-state index contributed by atoms with van der Waals surface area (Å²) in [6.45, 7) is 0.668. The second-order valence-electron chi connectivity index (χ2n) is 8.23. The maximum absolute atomic E-state index is 6.52. The first-order valence-electron chi connectivity index (χ1n) is 9.83. The predicted octanol–water partition coefficient (Wildman–Crippen LogP) is 6.07. The molecule has 0 amide bonds. The van der Waals surface area contributed by atoms with E-state index >= 15 is 0 Å². The number of rotatable bonds is 4. The number of allylic oxidation sites excluding steroid dienone is 1. The Hall–Kier alpha value is -2.02. The summed E-state index contributed by atoms with van der Waals surface area (Å²) in [6, 6.07) is 21.4. The first kappa shape index (κ1) is 15.3. The number of hydrogen-bond acceptors (Lipinski definition) is 1. The van der Waals surface area contributed by atoms with Crippen molar-refractivity contribution in [2.24, 2.45) is 23.7 Å². The van der Waals surface area contributed by atoms with Crippen molar-refractivity contribution >= 4 is 5.76 Å². The Balaban J connectivity index is 1.51. The molecule has 1 heteroatoms. The second kappa shape index (κ2) is 6.37. The monoisotopic (exact) mass is 330 g/mol. The van der Waals surface area contributed by atoms with Crippen LogP contribution in [0.1, 0.15) is 43.2 Å². The Kier molecular flexibility index (Phi) is 3.88. The van der Waals surface area contributed by atoms with E-state index in [-0.39, 0.29) is 0 Å². The lowest BCUT2D eigenvalue weighted by Gasteiger charge is -2.51. The van der Waals surface area contributed by atoms with Gasteiger partial charge in [-0.3, -0.25) is 0 Å². The molecule has 4 saturated carbocycles. The minimum atomic E-state index is 0.668. The van der Waals surface area contributed by atoms with Gasteiger partial charge >= 0.3 is 0 Å². The summed E-state index contributed by atoms with van der Waals surface area (Å²) in [7, 11) is 0. The van der Waals surface area contributed by atoms with Gasteiger partial charge in [0.25, 0.3) is 0 Å². The molecule has 4 fully saturated rings. The summed E-state index contributed by atoms with van der Waals surface area (Å²) in [6.07, 6.45) is 7.08. The van der Waals surface area contributed by atoms with Gasteiger partial charge in [0.1, 0.15) is 12.4 Å². The Morgan fingerprint density at radius 2 is 1.28 bits per heavy atom. The van der Waals surface area contributed by atoms with Crippen LogP contribution in [0.4, 0.5) is 0 Å². The molecule has 0 N–H and O–H groups in total. The van der Waals surface area contributed by atoms with Gasteiger partial charge in [-0.05, 0) is 66.9 Å². The van der Waals surface area contributed by atoms with Gasteiger partial charge in [-0.2, -0.15) is 0 Å². The highest BCUT2D eigenvalue weighted by Gasteiger charge is 2.46. The first-order valence-corrected chi connectivity index (χ1v) is 9.83. The van der Waals surface area contributed by atoms with Crippen LogP contribution in [0.3, 0.4) is 0 Å². The van der Waals surface area contributed by atoms with Gasteiger partial charge in [-0.15, -0.1) is 0 Å². The van der Waals surface area contributed by atoms with Crippen molar-refractivity contribution in [3.8, 4) is 0 Å². The maximum atomic E-state index is 6.52. The zero-order chi connectivity index (χ0) is 16.6. The molecule has 6 rings (SSSR count). The summed E-state index contributed by atoms with van der Waals surface area (Å²) in [5.41, 5.74) is 4.16. The van der Waals surface area contributed by atoms with Crippen molar-refractivity contribution < 1.29 is 4.74 Å². The molecule has 0 aliphatic heterocycles. The normalized spacial score (nSPS) is 29.7. The molecule has 4 aliphatic rings. The molecule has 1 nitrogen and oxygen atoms in total. The molecule has 0 radical (unpaired) electrons. The van der Waals surface area contributed by atoms with Crippen LogP contribution in [-0.4, -0.2) is 0 Å². The highest BCUT2D eigenvalue weighted by molar-refractivity contribution is 5.65. The second-order valence-corrected chi connectivity index (χ2v) is 8.23. The average molecular weight is 330 g/mol. The van der Waals surface area contributed by atoms with Gasteiger partial charge in [0.05, 0.1) is 0 Å². The van der Waals surface area contributed by atoms with Crippen molar-refractivity contribution in [1.29, 1.82) is 0 Å². The van der Waals surface area contributed by atoms with Crippen LogP contribution < -0.4 is 0 Å². The van der Waals surface area contributed by atoms with Crippen molar-refractivity contribution in [2.45, 2.75) is 38.7 Å².